The van der Waals surface area contributed by atoms with E-state index in [1.165, 1.54) is 7.05 Å². The van der Waals surface area contributed by atoms with Crippen molar-refractivity contribution in [3.63, 3.8) is 0 Å². The number of aliphatic hydroxyl groups is 4. The first kappa shape index (κ1) is 16.4. The molecule has 1 rings (SSSR count). The third-order valence-corrected chi connectivity index (χ3v) is 3.13. The summed E-state index contributed by atoms with van der Waals surface area (Å²) in [5.41, 5.74) is 0. The Balaban J connectivity index is 2.72. The van der Waals surface area contributed by atoms with Gasteiger partial charge < -0.3 is 30.5 Å². The molecule has 1 aliphatic rings. The lowest BCUT2D eigenvalue weighted by Gasteiger charge is -2.43. The van der Waals surface area contributed by atoms with Gasteiger partial charge in [0.05, 0.1) is 6.61 Å². The predicted octanol–water partition coefficient (Wildman–Crippen LogP) is -2.33. The summed E-state index contributed by atoms with van der Waals surface area (Å²) >= 11 is 5.43. The molecule has 0 aromatic carbocycles. The summed E-state index contributed by atoms with van der Waals surface area (Å²) < 4.78 is 5.22. The number of carbonyl (C=O) groups is 1. The zero-order chi connectivity index (χ0) is 14.6. The van der Waals surface area contributed by atoms with Gasteiger partial charge in [-0.2, -0.15) is 0 Å². The van der Waals surface area contributed by atoms with Crippen molar-refractivity contribution in [3.05, 3.63) is 0 Å². The van der Waals surface area contributed by atoms with Crippen LogP contribution < -0.4 is 5.32 Å². The van der Waals surface area contributed by atoms with Crippen molar-refractivity contribution in [2.24, 2.45) is 0 Å². The van der Waals surface area contributed by atoms with Gasteiger partial charge in [0.2, 0.25) is 0 Å². The van der Waals surface area contributed by atoms with Gasteiger partial charge in [-0.3, -0.25) is 4.90 Å². The maximum Gasteiger partial charge on any atom is 0.319 e. The summed E-state index contributed by atoms with van der Waals surface area (Å²) in [5, 5.41) is 40.5. The average Bonchev–Trinajstić information content (AvgIpc) is 2.42. The molecule has 1 heterocycles. The fourth-order valence-corrected chi connectivity index (χ4v) is 1.89. The van der Waals surface area contributed by atoms with Gasteiger partial charge in [0.1, 0.15) is 24.4 Å². The highest BCUT2D eigenvalue weighted by Crippen LogP contribution is 2.22. The van der Waals surface area contributed by atoms with Gasteiger partial charge >= 0.3 is 6.03 Å². The molecular formula is C10H19ClN2O6. The molecule has 2 amide bonds. The first-order valence-electron chi connectivity index (χ1n) is 5.81. The quantitative estimate of drug-likeness (QED) is 0.371. The van der Waals surface area contributed by atoms with Crippen LogP contribution in [0.4, 0.5) is 4.79 Å². The number of carbonyl (C=O) groups excluding carboxylic acids is 1. The van der Waals surface area contributed by atoms with Gasteiger partial charge in [-0.25, -0.2) is 4.79 Å². The Labute approximate surface area is 115 Å². The number of aliphatic hydroxyl groups excluding tert-OH is 4. The molecule has 0 bridgehead atoms. The number of alkyl halides is 1. The minimum absolute atomic E-state index is 0.230. The fourth-order valence-electron chi connectivity index (χ4n) is 1.80. The van der Waals surface area contributed by atoms with Crippen LogP contribution in [-0.4, -0.2) is 88.1 Å². The number of urea groups is 1. The smallest absolute Gasteiger partial charge is 0.319 e. The van der Waals surface area contributed by atoms with Gasteiger partial charge in [0.15, 0.2) is 6.23 Å². The van der Waals surface area contributed by atoms with E-state index < -0.39 is 43.3 Å². The van der Waals surface area contributed by atoms with Crippen molar-refractivity contribution < 1.29 is 30.0 Å². The molecular weight excluding hydrogens is 280 g/mol. The molecule has 5 atom stereocenters. The van der Waals surface area contributed by atoms with E-state index in [9.17, 15) is 20.1 Å². The topological polar surface area (TPSA) is 122 Å². The minimum Gasteiger partial charge on any atom is -0.394 e. The Kier molecular flexibility index (Phi) is 6.24. The first-order valence-corrected chi connectivity index (χ1v) is 6.34. The number of rotatable bonds is 4. The number of halogens is 1. The molecule has 0 aliphatic carbocycles. The van der Waals surface area contributed by atoms with Crippen LogP contribution in [0, 0.1) is 0 Å². The Morgan fingerprint density at radius 1 is 1.32 bits per heavy atom. The summed E-state index contributed by atoms with van der Waals surface area (Å²) in [4.78, 5) is 12.7. The van der Waals surface area contributed by atoms with E-state index in [-0.39, 0.29) is 12.4 Å². The lowest BCUT2D eigenvalue weighted by atomic mass is 9.98. The van der Waals surface area contributed by atoms with Gasteiger partial charge in [0.25, 0.3) is 0 Å². The van der Waals surface area contributed by atoms with E-state index in [2.05, 4.69) is 5.32 Å². The maximum absolute atomic E-state index is 11.7. The van der Waals surface area contributed by atoms with E-state index >= 15 is 0 Å². The molecule has 19 heavy (non-hydrogen) atoms. The van der Waals surface area contributed by atoms with Gasteiger partial charge in [-0.1, -0.05) is 0 Å². The average molecular weight is 299 g/mol. The lowest BCUT2D eigenvalue weighted by Crippen LogP contribution is -2.64. The van der Waals surface area contributed by atoms with Gasteiger partial charge in [-0.15, -0.1) is 11.6 Å². The second-order valence-corrected chi connectivity index (χ2v) is 4.63. The van der Waals surface area contributed by atoms with E-state index in [4.69, 9.17) is 21.4 Å². The second-order valence-electron chi connectivity index (χ2n) is 4.25. The normalized spacial score (nSPS) is 34.9. The maximum atomic E-state index is 11.7. The van der Waals surface area contributed by atoms with Crippen LogP contribution in [0.25, 0.3) is 0 Å². The molecule has 0 aromatic rings. The van der Waals surface area contributed by atoms with Crippen LogP contribution in [-0.2, 0) is 4.74 Å². The Hall–Kier alpha value is -0.640. The van der Waals surface area contributed by atoms with Crippen LogP contribution >= 0.6 is 11.6 Å². The highest BCUT2D eigenvalue weighted by atomic mass is 35.5. The SMILES string of the molecule is CN(C(=O)NCCCl)C1O[C@H](CO)[C@@H](O)[C@H](O)[C@H]1O. The molecule has 112 valence electrons. The van der Waals surface area contributed by atoms with Crippen molar-refractivity contribution in [1.82, 2.24) is 10.2 Å². The van der Waals surface area contributed by atoms with E-state index in [1.54, 1.807) is 0 Å². The van der Waals surface area contributed by atoms with Crippen molar-refractivity contribution >= 4 is 17.6 Å². The number of likely N-dealkylation sites (N-methyl/N-ethyl adjacent to an activating group) is 1. The van der Waals surface area contributed by atoms with E-state index in [1.807, 2.05) is 0 Å². The fraction of sp³-hybridized carbons (Fsp3) is 0.900. The second kappa shape index (κ2) is 7.22. The minimum atomic E-state index is -1.51. The molecule has 9 heteroatoms. The number of nitrogens with one attached hydrogen (secondary N) is 1. The zero-order valence-electron chi connectivity index (χ0n) is 10.4. The number of ether oxygens (including phenoxy) is 1. The number of hydrogen-bond donors (Lipinski definition) is 5. The largest absolute Gasteiger partial charge is 0.394 e. The lowest BCUT2D eigenvalue weighted by molar-refractivity contribution is -0.254. The van der Waals surface area contributed by atoms with Crippen molar-refractivity contribution in [2.75, 3.05) is 26.1 Å². The molecule has 0 saturated carbocycles. The third-order valence-electron chi connectivity index (χ3n) is 2.94. The Bertz CT molecular complexity index is 306. The summed E-state index contributed by atoms with van der Waals surface area (Å²) in [6.45, 7) is -0.305. The standard InChI is InChI=1S/C10H19ClN2O6/c1-13(10(18)12-3-2-11)9-8(17)7(16)6(15)5(4-14)19-9/h5-9,14-17H,2-4H2,1H3,(H,12,18)/t5-,6-,7+,8-,9?/m1/s1. The van der Waals surface area contributed by atoms with Crippen LogP contribution in [0.2, 0.25) is 0 Å². The van der Waals surface area contributed by atoms with Crippen LogP contribution in [0.1, 0.15) is 0 Å². The zero-order valence-corrected chi connectivity index (χ0v) is 11.2. The van der Waals surface area contributed by atoms with E-state index in [0.29, 0.717) is 0 Å². The summed E-state index contributed by atoms with van der Waals surface area (Å²) in [6, 6.07) is -0.551. The monoisotopic (exact) mass is 298 g/mol. The first-order chi connectivity index (χ1) is 8.93. The molecule has 5 N–H and O–H groups in total. The van der Waals surface area contributed by atoms with Crippen LogP contribution in [0.15, 0.2) is 0 Å². The number of nitrogens with zero attached hydrogens (tertiary/aromatic N) is 1. The van der Waals surface area contributed by atoms with Crippen molar-refractivity contribution in [2.45, 2.75) is 30.6 Å². The molecule has 8 nitrogen and oxygen atoms in total. The summed E-state index contributed by atoms with van der Waals surface area (Å²) in [7, 11) is 1.36. The van der Waals surface area contributed by atoms with Crippen LogP contribution in [0.5, 0.6) is 0 Å². The molecule has 1 fully saturated rings. The molecule has 1 unspecified atom stereocenters. The van der Waals surface area contributed by atoms with Crippen molar-refractivity contribution in [3.8, 4) is 0 Å². The van der Waals surface area contributed by atoms with Crippen LogP contribution in [0.3, 0.4) is 0 Å². The van der Waals surface area contributed by atoms with Gasteiger partial charge in [-0.05, 0) is 0 Å². The predicted molar refractivity (Wildman–Crippen MR) is 65.6 cm³/mol. The Morgan fingerprint density at radius 2 is 1.95 bits per heavy atom. The molecule has 1 aliphatic heterocycles. The molecule has 0 radical (unpaired) electrons. The molecule has 0 spiro atoms. The number of amides is 2. The van der Waals surface area contributed by atoms with Gasteiger partial charge in [0, 0.05) is 19.5 Å². The van der Waals surface area contributed by atoms with E-state index in [0.717, 1.165) is 4.90 Å². The summed E-state index contributed by atoms with van der Waals surface area (Å²) in [5.74, 6) is 0.230. The summed E-state index contributed by atoms with van der Waals surface area (Å²) in [6.07, 6.45) is -6.67. The molecule has 0 aromatic heterocycles. The Morgan fingerprint density at radius 3 is 2.47 bits per heavy atom. The highest BCUT2D eigenvalue weighted by molar-refractivity contribution is 6.18. The van der Waals surface area contributed by atoms with Crippen molar-refractivity contribution in [1.29, 1.82) is 0 Å². The number of hydrogen-bond acceptors (Lipinski definition) is 6. The molecule has 1 saturated heterocycles. The third kappa shape index (κ3) is 3.68. The highest BCUT2D eigenvalue weighted by Gasteiger charge is 2.45.